The molecule has 0 aliphatic carbocycles. The molecule has 2 aromatic carbocycles. The molecule has 1 unspecified atom stereocenters. The number of hydrogen-bond acceptors (Lipinski definition) is 4. The molecule has 1 amide bonds. The number of hydrazone groups is 1. The van der Waals surface area contributed by atoms with E-state index in [-0.39, 0.29) is 29.3 Å². The van der Waals surface area contributed by atoms with Gasteiger partial charge in [0.2, 0.25) is 5.91 Å². The van der Waals surface area contributed by atoms with Crippen LogP contribution in [0.15, 0.2) is 59.7 Å². The Bertz CT molecular complexity index is 868. The second-order valence-electron chi connectivity index (χ2n) is 6.24. The first-order valence-corrected chi connectivity index (χ1v) is 8.24. The van der Waals surface area contributed by atoms with Crippen LogP contribution in [0, 0.1) is 0 Å². The number of aryl methyl sites for hydroxylation is 1. The van der Waals surface area contributed by atoms with E-state index in [0.717, 1.165) is 0 Å². The van der Waals surface area contributed by atoms with Crippen LogP contribution in [0.2, 0.25) is 0 Å². The van der Waals surface area contributed by atoms with Crippen LogP contribution in [-0.4, -0.2) is 38.7 Å². The van der Waals surface area contributed by atoms with Crippen molar-refractivity contribution in [2.24, 2.45) is 5.10 Å². The molecular weight excluding hydrogens is 361 g/mol. The van der Waals surface area contributed by atoms with E-state index in [0.29, 0.717) is 11.1 Å². The predicted molar refractivity (Wildman–Crippen MR) is 91.9 cm³/mol. The number of aliphatic hydroxyl groups is 1. The normalized spacial score (nSPS) is 19.9. The number of nitrogens with zero attached hydrogens (tertiary/aromatic N) is 2. The number of benzene rings is 2. The van der Waals surface area contributed by atoms with Crippen molar-refractivity contribution in [1.82, 2.24) is 5.01 Å². The molecule has 0 aromatic heterocycles. The van der Waals surface area contributed by atoms with Crippen LogP contribution in [0.25, 0.3) is 0 Å². The number of phenols is 1. The smallest absolute Gasteiger partial charge is 0.438 e. The number of carbonyl (C=O) groups excluding carboxylic acids is 1. The van der Waals surface area contributed by atoms with Crippen LogP contribution in [0.3, 0.4) is 0 Å². The summed E-state index contributed by atoms with van der Waals surface area (Å²) in [6.45, 7) is 0. The zero-order valence-corrected chi connectivity index (χ0v) is 14.1. The van der Waals surface area contributed by atoms with E-state index < -0.39 is 24.2 Å². The number of rotatable bonds is 4. The topological polar surface area (TPSA) is 73.1 Å². The fourth-order valence-corrected chi connectivity index (χ4v) is 2.89. The van der Waals surface area contributed by atoms with Gasteiger partial charge in [0.1, 0.15) is 5.75 Å². The summed E-state index contributed by atoms with van der Waals surface area (Å²) in [5, 5.41) is 23.9. The zero-order chi connectivity index (χ0) is 19.7. The van der Waals surface area contributed by atoms with E-state index in [1.54, 1.807) is 48.5 Å². The number of carbonyl (C=O) groups is 1. The highest BCUT2D eigenvalue weighted by atomic mass is 19.4. The van der Waals surface area contributed by atoms with Crippen molar-refractivity contribution in [3.05, 3.63) is 65.7 Å². The summed E-state index contributed by atoms with van der Waals surface area (Å²) in [6, 6.07) is 14.3. The Kier molecular flexibility index (Phi) is 4.93. The summed E-state index contributed by atoms with van der Waals surface area (Å²) in [7, 11) is 0. The van der Waals surface area contributed by atoms with Gasteiger partial charge < -0.3 is 10.2 Å². The first kappa shape index (κ1) is 18.9. The van der Waals surface area contributed by atoms with Gasteiger partial charge in [-0.2, -0.15) is 23.3 Å². The largest absolute Gasteiger partial charge is 0.508 e. The van der Waals surface area contributed by atoms with E-state index in [1.165, 1.54) is 6.07 Å². The highest BCUT2D eigenvalue weighted by molar-refractivity contribution is 6.03. The third kappa shape index (κ3) is 3.66. The molecular formula is C19H17F3N2O3. The number of phenolic OH excluding ortho intramolecular Hbond substituents is 1. The van der Waals surface area contributed by atoms with Crippen molar-refractivity contribution < 1.29 is 28.2 Å². The highest BCUT2D eigenvalue weighted by Gasteiger charge is 2.63. The number of aromatic hydroxyl groups is 1. The van der Waals surface area contributed by atoms with Gasteiger partial charge >= 0.3 is 6.18 Å². The minimum Gasteiger partial charge on any atom is -0.508 e. The van der Waals surface area contributed by atoms with E-state index in [9.17, 15) is 28.2 Å². The quantitative estimate of drug-likeness (QED) is 0.858. The molecule has 2 N–H and O–H groups in total. The van der Waals surface area contributed by atoms with Crippen molar-refractivity contribution in [3.63, 3.8) is 0 Å². The van der Waals surface area contributed by atoms with Gasteiger partial charge in [-0.15, -0.1) is 0 Å². The molecule has 3 rings (SSSR count). The Hall–Kier alpha value is -2.87. The maximum Gasteiger partial charge on any atom is 0.438 e. The Balaban J connectivity index is 1.85. The van der Waals surface area contributed by atoms with Crippen LogP contribution in [0.5, 0.6) is 5.75 Å². The van der Waals surface area contributed by atoms with Gasteiger partial charge in [0.05, 0.1) is 12.1 Å². The molecule has 0 spiro atoms. The lowest BCUT2D eigenvalue weighted by Gasteiger charge is -2.32. The maximum atomic E-state index is 13.5. The minimum atomic E-state index is -5.07. The molecule has 1 atom stereocenters. The average Bonchev–Trinajstić information content (AvgIpc) is 3.01. The van der Waals surface area contributed by atoms with Crippen LogP contribution in [-0.2, 0) is 11.2 Å². The van der Waals surface area contributed by atoms with Gasteiger partial charge in [-0.05, 0) is 23.6 Å². The fourth-order valence-electron chi connectivity index (χ4n) is 2.89. The predicted octanol–water partition coefficient (Wildman–Crippen LogP) is 3.21. The lowest BCUT2D eigenvalue weighted by atomic mass is 10.0. The molecule has 27 heavy (non-hydrogen) atoms. The highest BCUT2D eigenvalue weighted by Crippen LogP contribution is 2.41. The number of para-hydroxylation sites is 1. The fraction of sp³-hybridized carbons (Fsp3) is 0.263. The lowest BCUT2D eigenvalue weighted by molar-refractivity contribution is -0.302. The summed E-state index contributed by atoms with van der Waals surface area (Å²) in [5.74, 6) is -1.03. The van der Waals surface area contributed by atoms with E-state index in [1.807, 2.05) is 0 Å². The third-order valence-corrected chi connectivity index (χ3v) is 4.38. The molecule has 0 saturated carbocycles. The van der Waals surface area contributed by atoms with Gasteiger partial charge in [-0.3, -0.25) is 4.79 Å². The van der Waals surface area contributed by atoms with Crippen LogP contribution in [0.1, 0.15) is 24.0 Å². The summed E-state index contributed by atoms with van der Waals surface area (Å²) in [4.78, 5) is 12.4. The van der Waals surface area contributed by atoms with Crippen molar-refractivity contribution in [3.8, 4) is 5.75 Å². The summed E-state index contributed by atoms with van der Waals surface area (Å²) >= 11 is 0. The summed E-state index contributed by atoms with van der Waals surface area (Å²) in [5.41, 5.74) is -2.59. The SMILES string of the molecule is O=C(CCc1ccccc1O)N1N=C(c2ccccc2)CC1(O)C(F)(F)F. The molecule has 2 aromatic rings. The molecule has 1 aliphatic rings. The second-order valence-corrected chi connectivity index (χ2v) is 6.24. The lowest BCUT2D eigenvalue weighted by Crippen LogP contribution is -2.56. The van der Waals surface area contributed by atoms with Gasteiger partial charge in [-0.1, -0.05) is 48.5 Å². The molecule has 0 radical (unpaired) electrons. The van der Waals surface area contributed by atoms with E-state index in [4.69, 9.17) is 0 Å². The third-order valence-electron chi connectivity index (χ3n) is 4.38. The van der Waals surface area contributed by atoms with E-state index >= 15 is 0 Å². The molecule has 1 heterocycles. The number of amides is 1. The Labute approximate surface area is 153 Å². The molecule has 5 nitrogen and oxygen atoms in total. The molecule has 142 valence electrons. The Morgan fingerprint density at radius 3 is 2.37 bits per heavy atom. The molecule has 0 fully saturated rings. The second kappa shape index (κ2) is 7.03. The molecule has 0 bridgehead atoms. The Morgan fingerprint density at radius 2 is 1.74 bits per heavy atom. The maximum absolute atomic E-state index is 13.5. The summed E-state index contributed by atoms with van der Waals surface area (Å²) in [6.07, 6.45) is -6.24. The molecule has 0 saturated heterocycles. The van der Waals surface area contributed by atoms with Crippen LogP contribution in [0.4, 0.5) is 13.2 Å². The van der Waals surface area contributed by atoms with Crippen molar-refractivity contribution >= 4 is 11.6 Å². The minimum absolute atomic E-state index is 0.0200. The number of halogens is 3. The average molecular weight is 378 g/mol. The monoisotopic (exact) mass is 378 g/mol. The molecule has 1 aliphatic heterocycles. The van der Waals surface area contributed by atoms with Crippen molar-refractivity contribution in [2.45, 2.75) is 31.2 Å². The van der Waals surface area contributed by atoms with Crippen LogP contribution < -0.4 is 0 Å². The van der Waals surface area contributed by atoms with Gasteiger partial charge in [0, 0.05) is 6.42 Å². The first-order valence-electron chi connectivity index (χ1n) is 8.24. The van der Waals surface area contributed by atoms with Gasteiger partial charge in [-0.25, -0.2) is 0 Å². The zero-order valence-electron chi connectivity index (χ0n) is 14.1. The first-order chi connectivity index (χ1) is 12.7. The number of alkyl halides is 3. The van der Waals surface area contributed by atoms with Gasteiger partial charge in [0.15, 0.2) is 0 Å². The van der Waals surface area contributed by atoms with Gasteiger partial charge in [0.25, 0.3) is 5.72 Å². The van der Waals surface area contributed by atoms with E-state index in [2.05, 4.69) is 5.10 Å². The molecule has 8 heteroatoms. The Morgan fingerprint density at radius 1 is 1.11 bits per heavy atom. The standard InChI is InChI=1S/C19H17F3N2O3/c20-19(21,22)18(27)12-15(13-6-2-1-3-7-13)23-24(18)17(26)11-10-14-8-4-5-9-16(14)25/h1-9,25,27H,10-12H2. The van der Waals surface area contributed by atoms with Crippen molar-refractivity contribution in [1.29, 1.82) is 0 Å². The van der Waals surface area contributed by atoms with Crippen molar-refractivity contribution in [2.75, 3.05) is 0 Å². The number of hydrogen-bond donors (Lipinski definition) is 2. The summed E-state index contributed by atoms with van der Waals surface area (Å²) < 4.78 is 40.5. The van der Waals surface area contributed by atoms with Crippen LogP contribution >= 0.6 is 0 Å².